The van der Waals surface area contributed by atoms with Gasteiger partial charge in [-0.15, -0.1) is 0 Å². The lowest BCUT2D eigenvalue weighted by Gasteiger charge is -2.05. The van der Waals surface area contributed by atoms with Gasteiger partial charge in [0.15, 0.2) is 0 Å². The third-order valence-corrected chi connectivity index (χ3v) is 2.01. The number of aromatic hydroxyl groups is 1. The first-order chi connectivity index (χ1) is 6.27. The molecule has 1 aromatic carbocycles. The number of hydrogen-bond donors (Lipinski definition) is 1. The fraction of sp³-hybridized carbons (Fsp3) is 0.0909. The zero-order valence-electron chi connectivity index (χ0n) is 7.44. The minimum absolute atomic E-state index is 0.316. The van der Waals surface area contributed by atoms with Gasteiger partial charge in [0.1, 0.15) is 5.75 Å². The summed E-state index contributed by atoms with van der Waals surface area (Å²) in [7, 11) is 0. The van der Waals surface area contributed by atoms with Crippen molar-refractivity contribution in [2.45, 2.75) is 6.92 Å². The highest BCUT2D eigenvalue weighted by Gasteiger charge is 2.00. The second-order valence-corrected chi connectivity index (χ2v) is 3.08. The molecule has 0 atom stereocenters. The van der Waals surface area contributed by atoms with E-state index in [1.165, 1.54) is 0 Å². The van der Waals surface area contributed by atoms with E-state index in [-0.39, 0.29) is 0 Å². The summed E-state index contributed by atoms with van der Waals surface area (Å²) in [6.07, 6.45) is 3.81. The second-order valence-electron chi connectivity index (χ2n) is 3.08. The van der Waals surface area contributed by atoms with E-state index in [4.69, 9.17) is 0 Å². The summed E-state index contributed by atoms with van der Waals surface area (Å²) < 4.78 is 1.88. The third-order valence-electron chi connectivity index (χ3n) is 2.01. The molecule has 0 spiro atoms. The summed E-state index contributed by atoms with van der Waals surface area (Å²) in [5.74, 6) is 0.316. The number of benzene rings is 1. The molecule has 13 heavy (non-hydrogen) atoms. The molecule has 0 aliphatic carbocycles. The van der Waals surface area contributed by atoms with Gasteiger partial charge in [0.25, 0.3) is 0 Å². The molecular weight excluding hydrogens is 162 g/mol. The van der Waals surface area contributed by atoms with Crippen LogP contribution in [0.5, 0.6) is 5.75 Å². The Balaban J connectivity index is 2.53. The number of phenolic OH excluding ortho intramolecular Hbond substituents is 1. The Kier molecular flexibility index (Phi) is 1.81. The highest BCUT2D eigenvalue weighted by Crippen LogP contribution is 2.22. The summed E-state index contributed by atoms with van der Waals surface area (Å²) in [6, 6.07) is 9.51. The normalized spacial score (nSPS) is 10.2. The Labute approximate surface area is 77.1 Å². The van der Waals surface area contributed by atoms with Gasteiger partial charge in [0.05, 0.1) is 5.69 Å². The number of hydrogen-bond acceptors (Lipinski definition) is 1. The van der Waals surface area contributed by atoms with Crippen LogP contribution in [-0.4, -0.2) is 9.67 Å². The predicted molar refractivity (Wildman–Crippen MR) is 52.2 cm³/mol. The minimum atomic E-state index is 0.316. The molecule has 1 N–H and O–H groups in total. The van der Waals surface area contributed by atoms with Crippen molar-refractivity contribution in [1.29, 1.82) is 0 Å². The average Bonchev–Trinajstić information content (AvgIpc) is 2.56. The summed E-state index contributed by atoms with van der Waals surface area (Å²) in [4.78, 5) is 0. The van der Waals surface area contributed by atoms with Crippen molar-refractivity contribution >= 4 is 0 Å². The summed E-state index contributed by atoms with van der Waals surface area (Å²) in [5.41, 5.74) is 1.88. The number of aromatic nitrogens is 1. The van der Waals surface area contributed by atoms with Crippen molar-refractivity contribution in [3.8, 4) is 11.4 Å². The lowest BCUT2D eigenvalue weighted by molar-refractivity contribution is 0.472. The molecule has 0 aliphatic rings. The smallest absolute Gasteiger partial charge is 0.139 e. The average molecular weight is 173 g/mol. The molecule has 2 rings (SSSR count). The van der Waals surface area contributed by atoms with Crippen molar-refractivity contribution < 1.29 is 5.11 Å². The van der Waals surface area contributed by atoms with Crippen molar-refractivity contribution in [1.82, 2.24) is 4.57 Å². The molecule has 1 heterocycles. The Bertz CT molecular complexity index is 404. The molecule has 0 unspecified atom stereocenters. The van der Waals surface area contributed by atoms with E-state index >= 15 is 0 Å². The van der Waals surface area contributed by atoms with Crippen molar-refractivity contribution in [2.75, 3.05) is 0 Å². The maximum Gasteiger partial charge on any atom is 0.139 e. The van der Waals surface area contributed by atoms with Crippen molar-refractivity contribution in [3.05, 3.63) is 48.3 Å². The molecule has 2 aromatic rings. The quantitative estimate of drug-likeness (QED) is 0.704. The van der Waals surface area contributed by atoms with Crippen LogP contribution in [0.25, 0.3) is 5.69 Å². The lowest BCUT2D eigenvalue weighted by Crippen LogP contribution is -1.90. The van der Waals surface area contributed by atoms with Crippen LogP contribution < -0.4 is 0 Å². The molecule has 2 heteroatoms. The molecule has 1 aromatic heterocycles. The Morgan fingerprint density at radius 3 is 2.46 bits per heavy atom. The van der Waals surface area contributed by atoms with Crippen LogP contribution in [0, 0.1) is 6.92 Å². The van der Waals surface area contributed by atoms with Gasteiger partial charge in [-0.3, -0.25) is 0 Å². The van der Waals surface area contributed by atoms with Crippen LogP contribution in [0.1, 0.15) is 5.56 Å². The van der Waals surface area contributed by atoms with E-state index < -0.39 is 0 Å². The zero-order chi connectivity index (χ0) is 9.26. The molecule has 0 fully saturated rings. The predicted octanol–water partition coefficient (Wildman–Crippen LogP) is 2.49. The van der Waals surface area contributed by atoms with Gasteiger partial charge in [-0.25, -0.2) is 0 Å². The van der Waals surface area contributed by atoms with E-state index in [0.717, 1.165) is 11.3 Å². The topological polar surface area (TPSA) is 25.2 Å². The molecule has 2 nitrogen and oxygen atoms in total. The fourth-order valence-electron chi connectivity index (χ4n) is 1.35. The van der Waals surface area contributed by atoms with Gasteiger partial charge < -0.3 is 9.67 Å². The third kappa shape index (κ3) is 1.43. The van der Waals surface area contributed by atoms with Crippen LogP contribution in [0.4, 0.5) is 0 Å². The zero-order valence-corrected chi connectivity index (χ0v) is 7.44. The first-order valence-electron chi connectivity index (χ1n) is 4.20. The standard InChI is InChI=1S/C11H11NO/c1-9-4-5-10(11(13)8-9)12-6-2-3-7-12/h2-8,13H,1H3. The van der Waals surface area contributed by atoms with Crippen LogP contribution in [0.15, 0.2) is 42.7 Å². The van der Waals surface area contributed by atoms with Gasteiger partial charge in [0, 0.05) is 12.4 Å². The summed E-state index contributed by atoms with van der Waals surface area (Å²) >= 11 is 0. The molecule has 0 saturated heterocycles. The molecular formula is C11H11NO. The number of aryl methyl sites for hydroxylation is 1. The Morgan fingerprint density at radius 1 is 1.15 bits per heavy atom. The number of rotatable bonds is 1. The van der Waals surface area contributed by atoms with Crippen LogP contribution in [-0.2, 0) is 0 Å². The molecule has 0 bridgehead atoms. The maximum atomic E-state index is 9.64. The summed E-state index contributed by atoms with van der Waals surface area (Å²) in [6.45, 7) is 1.96. The molecule has 0 radical (unpaired) electrons. The lowest BCUT2D eigenvalue weighted by atomic mass is 10.2. The first kappa shape index (κ1) is 7.92. The highest BCUT2D eigenvalue weighted by atomic mass is 16.3. The maximum absolute atomic E-state index is 9.64. The fourth-order valence-corrected chi connectivity index (χ4v) is 1.35. The largest absolute Gasteiger partial charge is 0.506 e. The van der Waals surface area contributed by atoms with E-state index in [1.807, 2.05) is 48.1 Å². The molecule has 0 saturated carbocycles. The molecule has 66 valence electrons. The monoisotopic (exact) mass is 173 g/mol. The van der Waals surface area contributed by atoms with Crippen LogP contribution >= 0.6 is 0 Å². The second kappa shape index (κ2) is 2.98. The Hall–Kier alpha value is -1.70. The van der Waals surface area contributed by atoms with Gasteiger partial charge in [-0.2, -0.15) is 0 Å². The summed E-state index contributed by atoms with van der Waals surface area (Å²) in [5, 5.41) is 9.64. The van der Waals surface area contributed by atoms with E-state index in [0.29, 0.717) is 5.75 Å². The van der Waals surface area contributed by atoms with Crippen molar-refractivity contribution in [3.63, 3.8) is 0 Å². The van der Waals surface area contributed by atoms with Gasteiger partial charge in [0.2, 0.25) is 0 Å². The van der Waals surface area contributed by atoms with Crippen molar-refractivity contribution in [2.24, 2.45) is 0 Å². The van der Waals surface area contributed by atoms with E-state index in [9.17, 15) is 5.11 Å². The number of phenols is 1. The van der Waals surface area contributed by atoms with Gasteiger partial charge in [-0.05, 0) is 36.8 Å². The van der Waals surface area contributed by atoms with Gasteiger partial charge in [-0.1, -0.05) is 6.07 Å². The SMILES string of the molecule is Cc1ccc(-n2cccc2)c(O)c1. The van der Waals surface area contributed by atoms with E-state index in [2.05, 4.69) is 0 Å². The molecule has 0 amide bonds. The Morgan fingerprint density at radius 2 is 1.85 bits per heavy atom. The van der Waals surface area contributed by atoms with Gasteiger partial charge >= 0.3 is 0 Å². The van der Waals surface area contributed by atoms with Crippen LogP contribution in [0.3, 0.4) is 0 Å². The van der Waals surface area contributed by atoms with E-state index in [1.54, 1.807) is 6.07 Å². The molecule has 0 aliphatic heterocycles. The first-order valence-corrected chi connectivity index (χ1v) is 4.20. The number of nitrogens with zero attached hydrogens (tertiary/aromatic N) is 1. The minimum Gasteiger partial charge on any atom is -0.506 e. The van der Waals surface area contributed by atoms with Crippen LogP contribution in [0.2, 0.25) is 0 Å². The highest BCUT2D eigenvalue weighted by molar-refractivity contribution is 5.47.